The van der Waals surface area contributed by atoms with E-state index in [1.54, 1.807) is 0 Å². The molecule has 0 aliphatic carbocycles. The quantitative estimate of drug-likeness (QED) is 0.653. The van der Waals surface area contributed by atoms with Crippen LogP contribution in [-0.2, 0) is 10.0 Å². The van der Waals surface area contributed by atoms with Crippen molar-refractivity contribution in [3.63, 3.8) is 0 Å². The first-order chi connectivity index (χ1) is 9.82. The lowest BCUT2D eigenvalue weighted by Gasteiger charge is -2.21. The molecule has 1 heterocycles. The molecule has 1 saturated heterocycles. The molecule has 0 radical (unpaired) electrons. The van der Waals surface area contributed by atoms with Crippen molar-refractivity contribution < 1.29 is 13.3 Å². The molecular weight excluding hydrogens is 318 g/mol. The topological polar surface area (TPSA) is 92.6 Å². The third kappa shape index (κ3) is 3.52. The fourth-order valence-electron chi connectivity index (χ4n) is 2.34. The van der Waals surface area contributed by atoms with E-state index in [1.807, 2.05) is 0 Å². The number of likely N-dealkylation sites (N-methyl/N-ethyl adjacent to an activating group) is 1. The number of nitrogens with one attached hydrogen (secondary N) is 1. The van der Waals surface area contributed by atoms with Gasteiger partial charge in [-0.15, -0.1) is 0 Å². The van der Waals surface area contributed by atoms with Crippen molar-refractivity contribution in [3.05, 3.63) is 33.3 Å². The standard InChI is InChI=1S/C12H16ClN3O4S/c1-15(8-10-3-2-6-14-10)21(19,20)12-5-4-9(13)7-11(12)16(17)18/h4-5,7,10,14H,2-3,6,8H2,1H3. The molecule has 0 amide bonds. The van der Waals surface area contributed by atoms with Crippen LogP contribution in [-0.4, -0.2) is 43.8 Å². The maximum atomic E-state index is 12.5. The molecule has 1 fully saturated rings. The van der Waals surface area contributed by atoms with Crippen LogP contribution >= 0.6 is 11.6 Å². The number of benzene rings is 1. The van der Waals surface area contributed by atoms with E-state index in [0.717, 1.165) is 29.8 Å². The highest BCUT2D eigenvalue weighted by Gasteiger charge is 2.31. The minimum absolute atomic E-state index is 0.0798. The normalized spacial score (nSPS) is 19.1. The van der Waals surface area contributed by atoms with Crippen molar-refractivity contribution >= 4 is 27.3 Å². The summed E-state index contributed by atoms with van der Waals surface area (Å²) in [5, 5.41) is 14.4. The average molecular weight is 334 g/mol. The highest BCUT2D eigenvalue weighted by Crippen LogP contribution is 2.29. The monoisotopic (exact) mass is 333 g/mol. The van der Waals surface area contributed by atoms with Crippen LogP contribution in [0, 0.1) is 10.1 Å². The molecule has 116 valence electrons. The summed E-state index contributed by atoms with van der Waals surface area (Å²) in [6.45, 7) is 1.14. The van der Waals surface area contributed by atoms with Crippen LogP contribution in [0.2, 0.25) is 5.02 Å². The number of hydrogen-bond donors (Lipinski definition) is 1. The number of rotatable bonds is 5. The Balaban J connectivity index is 2.32. The molecule has 1 aliphatic heterocycles. The number of nitro groups is 1. The van der Waals surface area contributed by atoms with Crippen LogP contribution in [0.3, 0.4) is 0 Å². The lowest BCUT2D eigenvalue weighted by atomic mass is 10.2. The minimum Gasteiger partial charge on any atom is -0.313 e. The maximum absolute atomic E-state index is 12.5. The summed E-state index contributed by atoms with van der Waals surface area (Å²) in [4.78, 5) is 9.97. The van der Waals surface area contributed by atoms with Gasteiger partial charge in [-0.25, -0.2) is 8.42 Å². The predicted molar refractivity (Wildman–Crippen MR) is 78.9 cm³/mol. The van der Waals surface area contributed by atoms with Crippen molar-refractivity contribution in [3.8, 4) is 0 Å². The van der Waals surface area contributed by atoms with Gasteiger partial charge in [-0.3, -0.25) is 10.1 Å². The largest absolute Gasteiger partial charge is 0.313 e. The second kappa shape index (κ2) is 6.27. The van der Waals surface area contributed by atoms with Crippen LogP contribution < -0.4 is 5.32 Å². The lowest BCUT2D eigenvalue weighted by molar-refractivity contribution is -0.387. The summed E-state index contributed by atoms with van der Waals surface area (Å²) in [6, 6.07) is 3.64. The van der Waals surface area contributed by atoms with Gasteiger partial charge in [-0.1, -0.05) is 11.6 Å². The van der Waals surface area contributed by atoms with E-state index in [2.05, 4.69) is 5.32 Å². The Morgan fingerprint density at radius 2 is 2.24 bits per heavy atom. The van der Waals surface area contributed by atoms with E-state index in [4.69, 9.17) is 11.6 Å². The lowest BCUT2D eigenvalue weighted by Crippen LogP contribution is -2.38. The fraction of sp³-hybridized carbons (Fsp3) is 0.500. The summed E-state index contributed by atoms with van der Waals surface area (Å²) in [6.07, 6.45) is 1.89. The van der Waals surface area contributed by atoms with Gasteiger partial charge < -0.3 is 5.32 Å². The molecule has 1 unspecified atom stereocenters. The van der Waals surface area contributed by atoms with E-state index >= 15 is 0 Å². The molecule has 2 rings (SSSR count). The Hall–Kier alpha value is -1.22. The molecule has 0 bridgehead atoms. The number of hydrogen-bond acceptors (Lipinski definition) is 5. The zero-order chi connectivity index (χ0) is 15.6. The van der Waals surface area contributed by atoms with Crippen molar-refractivity contribution in [1.82, 2.24) is 9.62 Å². The molecule has 1 aromatic rings. The number of halogens is 1. The smallest absolute Gasteiger partial charge is 0.290 e. The first kappa shape index (κ1) is 16.2. The molecule has 1 atom stereocenters. The SMILES string of the molecule is CN(CC1CCCN1)S(=O)(=O)c1ccc(Cl)cc1[N+](=O)[O-]. The van der Waals surface area contributed by atoms with Crippen molar-refractivity contribution in [2.45, 2.75) is 23.8 Å². The van der Waals surface area contributed by atoms with Gasteiger partial charge in [-0.2, -0.15) is 4.31 Å². The summed E-state index contributed by atoms with van der Waals surface area (Å²) in [7, 11) is -2.50. The molecule has 1 aromatic carbocycles. The van der Waals surface area contributed by atoms with E-state index in [0.29, 0.717) is 0 Å². The summed E-state index contributed by atoms with van der Waals surface area (Å²) >= 11 is 5.71. The van der Waals surface area contributed by atoms with Crippen LogP contribution in [0.4, 0.5) is 5.69 Å². The van der Waals surface area contributed by atoms with Crippen molar-refractivity contribution in [1.29, 1.82) is 0 Å². The molecular formula is C12H16ClN3O4S. The summed E-state index contributed by atoms with van der Waals surface area (Å²) < 4.78 is 26.2. The van der Waals surface area contributed by atoms with Crippen LogP contribution in [0.25, 0.3) is 0 Å². The van der Waals surface area contributed by atoms with Gasteiger partial charge in [0, 0.05) is 30.7 Å². The number of nitrogens with zero attached hydrogens (tertiary/aromatic N) is 2. The maximum Gasteiger partial charge on any atom is 0.290 e. The molecule has 1 aliphatic rings. The minimum atomic E-state index is -3.93. The van der Waals surface area contributed by atoms with Crippen molar-refractivity contribution in [2.75, 3.05) is 20.1 Å². The molecule has 7 nitrogen and oxygen atoms in total. The third-order valence-corrected chi connectivity index (χ3v) is 5.55. The Kier molecular flexibility index (Phi) is 4.82. The Morgan fingerprint density at radius 3 is 2.81 bits per heavy atom. The summed E-state index contributed by atoms with van der Waals surface area (Å²) in [5.74, 6) is 0. The van der Waals surface area contributed by atoms with E-state index in [1.165, 1.54) is 19.2 Å². The summed E-state index contributed by atoms with van der Waals surface area (Å²) in [5.41, 5.74) is -0.506. The van der Waals surface area contributed by atoms with Crippen LogP contribution in [0.15, 0.2) is 23.1 Å². The van der Waals surface area contributed by atoms with Gasteiger partial charge in [0.25, 0.3) is 5.69 Å². The second-order valence-corrected chi connectivity index (χ2v) is 7.40. The second-order valence-electron chi connectivity index (χ2n) is 4.95. The Bertz CT molecular complexity index is 644. The van der Waals surface area contributed by atoms with Crippen LogP contribution in [0.5, 0.6) is 0 Å². The Labute approximate surface area is 128 Å². The zero-order valence-electron chi connectivity index (χ0n) is 11.5. The molecule has 9 heteroatoms. The fourth-order valence-corrected chi connectivity index (χ4v) is 3.86. The Morgan fingerprint density at radius 1 is 1.52 bits per heavy atom. The first-order valence-corrected chi connectivity index (χ1v) is 8.28. The van der Waals surface area contributed by atoms with Gasteiger partial charge in [0.05, 0.1) is 4.92 Å². The van der Waals surface area contributed by atoms with E-state index < -0.39 is 20.6 Å². The molecule has 1 N–H and O–H groups in total. The average Bonchev–Trinajstić information content (AvgIpc) is 2.91. The van der Waals surface area contributed by atoms with Gasteiger partial charge in [0.1, 0.15) is 0 Å². The van der Waals surface area contributed by atoms with Gasteiger partial charge in [0.15, 0.2) is 4.90 Å². The highest BCUT2D eigenvalue weighted by atomic mass is 35.5. The molecule has 21 heavy (non-hydrogen) atoms. The third-order valence-electron chi connectivity index (χ3n) is 3.45. The highest BCUT2D eigenvalue weighted by molar-refractivity contribution is 7.89. The number of nitro benzene ring substituents is 1. The van der Waals surface area contributed by atoms with E-state index in [9.17, 15) is 18.5 Å². The van der Waals surface area contributed by atoms with Crippen LogP contribution in [0.1, 0.15) is 12.8 Å². The van der Waals surface area contributed by atoms with Gasteiger partial charge >= 0.3 is 0 Å². The van der Waals surface area contributed by atoms with Gasteiger partial charge in [-0.05, 0) is 31.5 Å². The molecule has 0 saturated carbocycles. The van der Waals surface area contributed by atoms with E-state index in [-0.39, 0.29) is 22.5 Å². The van der Waals surface area contributed by atoms with Crippen molar-refractivity contribution in [2.24, 2.45) is 0 Å². The first-order valence-electron chi connectivity index (χ1n) is 6.46. The molecule has 0 spiro atoms. The van der Waals surface area contributed by atoms with Gasteiger partial charge in [0.2, 0.25) is 10.0 Å². The molecule has 0 aromatic heterocycles. The zero-order valence-corrected chi connectivity index (χ0v) is 13.0. The predicted octanol–water partition coefficient (Wildman–Crippen LogP) is 1.62. The number of sulfonamides is 1.